The average Bonchev–Trinajstić information content (AvgIpc) is 2.88. The number of carboxylic acid groups (broad SMARTS) is 1. The molecular weight excluding hydrogens is 256 g/mol. The van der Waals surface area contributed by atoms with Crippen molar-refractivity contribution in [2.24, 2.45) is 5.92 Å². The standard InChI is InChI=1S/C15H20N2O3/c18-14(19)12-7-4-8-13(12)17-15(20)16-10-9-11-5-2-1-3-6-11/h1-3,5-6,12-13H,4,7-10H2,(H,18,19)(H2,16,17,20). The number of aliphatic carboxylic acids is 1. The van der Waals surface area contributed by atoms with Crippen molar-refractivity contribution in [1.29, 1.82) is 0 Å². The van der Waals surface area contributed by atoms with E-state index in [9.17, 15) is 9.59 Å². The Hall–Kier alpha value is -2.04. The van der Waals surface area contributed by atoms with Crippen molar-refractivity contribution >= 4 is 12.0 Å². The summed E-state index contributed by atoms with van der Waals surface area (Å²) in [5, 5.41) is 14.6. The lowest BCUT2D eigenvalue weighted by molar-refractivity contribution is -0.142. The van der Waals surface area contributed by atoms with Gasteiger partial charge in [-0.25, -0.2) is 4.79 Å². The van der Waals surface area contributed by atoms with E-state index in [1.54, 1.807) is 0 Å². The summed E-state index contributed by atoms with van der Waals surface area (Å²) in [6.45, 7) is 0.542. The number of hydrogen-bond acceptors (Lipinski definition) is 2. The number of carbonyl (C=O) groups excluding carboxylic acids is 1. The van der Waals surface area contributed by atoms with Gasteiger partial charge in [0.2, 0.25) is 0 Å². The Labute approximate surface area is 118 Å². The molecular formula is C15H20N2O3. The monoisotopic (exact) mass is 276 g/mol. The first-order valence-electron chi connectivity index (χ1n) is 6.98. The van der Waals surface area contributed by atoms with Crippen LogP contribution < -0.4 is 10.6 Å². The van der Waals surface area contributed by atoms with Crippen LogP contribution in [0.2, 0.25) is 0 Å². The normalized spacial score (nSPS) is 21.4. The third kappa shape index (κ3) is 3.98. The second-order valence-electron chi connectivity index (χ2n) is 5.12. The van der Waals surface area contributed by atoms with Gasteiger partial charge in [0, 0.05) is 12.6 Å². The summed E-state index contributed by atoms with van der Waals surface area (Å²) in [6, 6.07) is 9.38. The van der Waals surface area contributed by atoms with E-state index < -0.39 is 11.9 Å². The van der Waals surface area contributed by atoms with Crippen LogP contribution in [0, 0.1) is 5.92 Å². The second kappa shape index (κ2) is 6.93. The molecule has 2 amide bonds. The largest absolute Gasteiger partial charge is 0.481 e. The maximum atomic E-state index is 11.7. The Kier molecular flexibility index (Phi) is 4.98. The van der Waals surface area contributed by atoms with Crippen LogP contribution in [0.15, 0.2) is 30.3 Å². The Morgan fingerprint density at radius 1 is 1.20 bits per heavy atom. The van der Waals surface area contributed by atoms with E-state index in [2.05, 4.69) is 10.6 Å². The van der Waals surface area contributed by atoms with E-state index in [1.165, 1.54) is 0 Å². The quantitative estimate of drug-likeness (QED) is 0.767. The predicted molar refractivity (Wildman–Crippen MR) is 75.4 cm³/mol. The Bertz CT molecular complexity index is 461. The van der Waals surface area contributed by atoms with Gasteiger partial charge in [0.05, 0.1) is 5.92 Å². The van der Waals surface area contributed by atoms with Gasteiger partial charge in [0.25, 0.3) is 0 Å². The molecule has 0 heterocycles. The maximum absolute atomic E-state index is 11.7. The Morgan fingerprint density at radius 3 is 2.65 bits per heavy atom. The van der Waals surface area contributed by atoms with E-state index in [-0.39, 0.29) is 12.1 Å². The van der Waals surface area contributed by atoms with E-state index in [1.807, 2.05) is 30.3 Å². The van der Waals surface area contributed by atoms with Crippen molar-refractivity contribution in [2.45, 2.75) is 31.7 Å². The Morgan fingerprint density at radius 2 is 1.95 bits per heavy atom. The summed E-state index contributed by atoms with van der Waals surface area (Å²) < 4.78 is 0. The van der Waals surface area contributed by atoms with E-state index in [0.717, 1.165) is 24.8 Å². The zero-order chi connectivity index (χ0) is 14.4. The molecule has 2 unspecified atom stereocenters. The van der Waals surface area contributed by atoms with Gasteiger partial charge in [-0.15, -0.1) is 0 Å². The van der Waals surface area contributed by atoms with Crippen LogP contribution in [-0.4, -0.2) is 29.7 Å². The smallest absolute Gasteiger partial charge is 0.315 e. The lowest BCUT2D eigenvalue weighted by Gasteiger charge is -2.17. The maximum Gasteiger partial charge on any atom is 0.315 e. The average molecular weight is 276 g/mol. The van der Waals surface area contributed by atoms with Crippen LogP contribution in [0.25, 0.3) is 0 Å². The molecule has 5 heteroatoms. The molecule has 20 heavy (non-hydrogen) atoms. The zero-order valence-electron chi connectivity index (χ0n) is 11.3. The first kappa shape index (κ1) is 14.4. The summed E-state index contributed by atoms with van der Waals surface area (Å²) >= 11 is 0. The molecule has 0 radical (unpaired) electrons. The third-order valence-electron chi connectivity index (χ3n) is 3.69. The summed E-state index contributed by atoms with van der Waals surface area (Å²) in [5.74, 6) is -1.27. The fraction of sp³-hybridized carbons (Fsp3) is 0.467. The number of hydrogen-bond donors (Lipinski definition) is 3. The molecule has 1 aliphatic carbocycles. The molecule has 108 valence electrons. The topological polar surface area (TPSA) is 78.4 Å². The van der Waals surface area contributed by atoms with E-state index in [4.69, 9.17) is 5.11 Å². The molecule has 1 aromatic rings. The van der Waals surface area contributed by atoms with E-state index in [0.29, 0.717) is 13.0 Å². The van der Waals surface area contributed by atoms with Crippen molar-refractivity contribution in [1.82, 2.24) is 10.6 Å². The summed E-state index contributed by atoms with van der Waals surface area (Å²) in [4.78, 5) is 22.8. The molecule has 0 bridgehead atoms. The minimum Gasteiger partial charge on any atom is -0.481 e. The first-order chi connectivity index (χ1) is 9.66. The summed E-state index contributed by atoms with van der Waals surface area (Å²) in [7, 11) is 0. The van der Waals surface area contributed by atoms with Crippen LogP contribution in [0.5, 0.6) is 0 Å². The number of urea groups is 1. The van der Waals surface area contributed by atoms with Gasteiger partial charge in [0.15, 0.2) is 0 Å². The third-order valence-corrected chi connectivity index (χ3v) is 3.69. The van der Waals surface area contributed by atoms with Gasteiger partial charge < -0.3 is 15.7 Å². The molecule has 0 aromatic heterocycles. The van der Waals surface area contributed by atoms with Crippen LogP contribution in [0.1, 0.15) is 24.8 Å². The fourth-order valence-corrected chi connectivity index (χ4v) is 2.61. The van der Waals surface area contributed by atoms with Crippen molar-refractivity contribution in [3.05, 3.63) is 35.9 Å². The molecule has 2 rings (SSSR count). The van der Waals surface area contributed by atoms with Crippen LogP contribution in [-0.2, 0) is 11.2 Å². The molecule has 2 atom stereocenters. The molecule has 5 nitrogen and oxygen atoms in total. The SMILES string of the molecule is O=C(NCCc1ccccc1)NC1CCCC1C(=O)O. The molecule has 1 aromatic carbocycles. The van der Waals surface area contributed by atoms with Crippen molar-refractivity contribution < 1.29 is 14.7 Å². The van der Waals surface area contributed by atoms with Gasteiger partial charge >= 0.3 is 12.0 Å². The highest BCUT2D eigenvalue weighted by Crippen LogP contribution is 2.25. The van der Waals surface area contributed by atoms with Gasteiger partial charge in [-0.2, -0.15) is 0 Å². The van der Waals surface area contributed by atoms with Gasteiger partial charge in [-0.1, -0.05) is 36.8 Å². The number of carboxylic acids is 1. The molecule has 1 fully saturated rings. The molecule has 1 saturated carbocycles. The highest BCUT2D eigenvalue weighted by atomic mass is 16.4. The molecule has 1 aliphatic rings. The van der Waals surface area contributed by atoms with Gasteiger partial charge in [0.1, 0.15) is 0 Å². The zero-order valence-corrected chi connectivity index (χ0v) is 11.3. The molecule has 0 saturated heterocycles. The lowest BCUT2D eigenvalue weighted by atomic mass is 10.0. The number of benzene rings is 1. The van der Waals surface area contributed by atoms with Crippen LogP contribution in [0.4, 0.5) is 4.79 Å². The number of nitrogens with one attached hydrogen (secondary N) is 2. The highest BCUT2D eigenvalue weighted by Gasteiger charge is 2.33. The van der Waals surface area contributed by atoms with Crippen molar-refractivity contribution in [3.8, 4) is 0 Å². The lowest BCUT2D eigenvalue weighted by Crippen LogP contribution is -2.45. The molecule has 0 spiro atoms. The van der Waals surface area contributed by atoms with Gasteiger partial charge in [-0.05, 0) is 24.8 Å². The summed E-state index contributed by atoms with van der Waals surface area (Å²) in [6.07, 6.45) is 3.00. The fourth-order valence-electron chi connectivity index (χ4n) is 2.61. The predicted octanol–water partition coefficient (Wildman–Crippen LogP) is 1.78. The van der Waals surface area contributed by atoms with Crippen molar-refractivity contribution in [3.63, 3.8) is 0 Å². The first-order valence-corrected chi connectivity index (χ1v) is 6.98. The number of rotatable bonds is 5. The highest BCUT2D eigenvalue weighted by molar-refractivity contribution is 5.77. The van der Waals surface area contributed by atoms with Gasteiger partial charge in [-0.3, -0.25) is 4.79 Å². The number of amides is 2. The minimum absolute atomic E-state index is 0.246. The van der Waals surface area contributed by atoms with Crippen molar-refractivity contribution in [2.75, 3.05) is 6.54 Å². The Balaban J connectivity index is 1.71. The van der Waals surface area contributed by atoms with E-state index >= 15 is 0 Å². The van der Waals surface area contributed by atoms with Crippen LogP contribution >= 0.6 is 0 Å². The summed E-state index contributed by atoms with van der Waals surface area (Å²) in [5.41, 5.74) is 1.16. The molecule has 3 N–H and O–H groups in total. The minimum atomic E-state index is -0.822. The number of carbonyl (C=O) groups is 2. The second-order valence-corrected chi connectivity index (χ2v) is 5.12. The molecule has 0 aliphatic heterocycles. The van der Waals surface area contributed by atoms with Crippen LogP contribution in [0.3, 0.4) is 0 Å².